The van der Waals surface area contributed by atoms with Crippen LogP contribution in [0.4, 0.5) is 5.82 Å². The third-order valence-electron chi connectivity index (χ3n) is 3.51. The zero-order chi connectivity index (χ0) is 18.4. The normalized spacial score (nSPS) is 12.9. The molecule has 0 aliphatic rings. The second kappa shape index (κ2) is 8.07. The molecule has 7 nitrogen and oxygen atoms in total. The van der Waals surface area contributed by atoms with Crippen LogP contribution in [0.15, 0.2) is 55.3 Å². The predicted octanol–water partition coefficient (Wildman–Crippen LogP) is 2.18. The van der Waals surface area contributed by atoms with E-state index in [9.17, 15) is 9.90 Å². The maximum atomic E-state index is 11.5. The van der Waals surface area contributed by atoms with Crippen molar-refractivity contribution in [1.82, 2.24) is 9.97 Å². The molecular weight excluding hydrogens is 320 g/mol. The summed E-state index contributed by atoms with van der Waals surface area (Å²) in [6.07, 6.45) is 2.74. The van der Waals surface area contributed by atoms with Crippen LogP contribution in [0.1, 0.15) is 5.82 Å². The van der Waals surface area contributed by atoms with E-state index in [1.807, 2.05) is 24.3 Å². The Kier molecular flexibility index (Phi) is 5.86. The highest BCUT2D eigenvalue weighted by molar-refractivity contribution is 5.91. The van der Waals surface area contributed by atoms with Gasteiger partial charge in [-0.3, -0.25) is 4.79 Å². The number of hydrogen-bond acceptors (Lipinski definition) is 7. The van der Waals surface area contributed by atoms with Crippen molar-refractivity contribution >= 4 is 28.3 Å². The van der Waals surface area contributed by atoms with Gasteiger partial charge in [0.1, 0.15) is 17.6 Å². The Labute approximate surface area is 145 Å². The summed E-state index contributed by atoms with van der Waals surface area (Å²) in [5, 5.41) is 13.8. The third kappa shape index (κ3) is 4.02. The molecule has 0 bridgehead atoms. The zero-order valence-corrected chi connectivity index (χ0v) is 13.9. The first-order valence-electron chi connectivity index (χ1n) is 7.54. The first-order valence-corrected chi connectivity index (χ1v) is 7.54. The van der Waals surface area contributed by atoms with E-state index in [-0.39, 0.29) is 18.1 Å². The van der Waals surface area contributed by atoms with Crippen molar-refractivity contribution < 1.29 is 14.6 Å². The van der Waals surface area contributed by atoms with Crippen molar-refractivity contribution in [2.75, 3.05) is 19.0 Å². The highest BCUT2D eigenvalue weighted by Gasteiger charge is 2.16. The number of rotatable bonds is 7. The second-order valence-corrected chi connectivity index (χ2v) is 5.13. The minimum absolute atomic E-state index is 0.0810. The SMILES string of the molecule is C=C/C(O)=C(\C=C)c1nc(NCC(N)C(=O)OC)c2ccccc2n1. The molecule has 7 heteroatoms. The Morgan fingerprint density at radius 1 is 1.36 bits per heavy atom. The monoisotopic (exact) mass is 340 g/mol. The number of esters is 1. The molecule has 0 fully saturated rings. The number of para-hydroxylation sites is 1. The van der Waals surface area contributed by atoms with Crippen LogP contribution in [0.5, 0.6) is 0 Å². The van der Waals surface area contributed by atoms with Gasteiger partial charge >= 0.3 is 5.97 Å². The number of carbonyl (C=O) groups excluding carboxylic acids is 1. The first-order chi connectivity index (χ1) is 12.0. The fraction of sp³-hybridized carbons (Fsp3) is 0.167. The number of fused-ring (bicyclic) bond motifs is 1. The van der Waals surface area contributed by atoms with Crippen molar-refractivity contribution in [3.63, 3.8) is 0 Å². The molecule has 25 heavy (non-hydrogen) atoms. The van der Waals surface area contributed by atoms with E-state index in [4.69, 9.17) is 5.73 Å². The number of benzene rings is 1. The smallest absolute Gasteiger partial charge is 0.324 e. The highest BCUT2D eigenvalue weighted by atomic mass is 16.5. The molecule has 2 aromatic rings. The van der Waals surface area contributed by atoms with Gasteiger partial charge in [0.2, 0.25) is 0 Å². The predicted molar refractivity (Wildman–Crippen MR) is 98.0 cm³/mol. The van der Waals surface area contributed by atoms with Crippen LogP contribution in [0, 0.1) is 0 Å². The number of aliphatic hydroxyl groups is 1. The van der Waals surface area contributed by atoms with E-state index in [0.717, 1.165) is 5.39 Å². The van der Waals surface area contributed by atoms with Gasteiger partial charge < -0.3 is 20.9 Å². The minimum atomic E-state index is -0.835. The van der Waals surface area contributed by atoms with Gasteiger partial charge in [-0.15, -0.1) is 0 Å². The summed E-state index contributed by atoms with van der Waals surface area (Å²) < 4.78 is 4.61. The molecule has 0 spiro atoms. The van der Waals surface area contributed by atoms with Gasteiger partial charge in [-0.25, -0.2) is 9.97 Å². The number of aliphatic hydroxyl groups excluding tert-OH is 1. The number of ether oxygens (including phenoxy) is 1. The van der Waals surface area contributed by atoms with Gasteiger partial charge in [-0.05, 0) is 18.2 Å². The topological polar surface area (TPSA) is 110 Å². The number of hydrogen-bond donors (Lipinski definition) is 3. The number of allylic oxidation sites excluding steroid dienone is 3. The molecule has 0 saturated carbocycles. The van der Waals surface area contributed by atoms with Gasteiger partial charge in [-0.2, -0.15) is 0 Å². The summed E-state index contributed by atoms with van der Waals surface area (Å²) in [5.41, 5.74) is 6.77. The summed E-state index contributed by atoms with van der Waals surface area (Å²) in [6, 6.07) is 6.52. The number of nitrogens with two attached hydrogens (primary N) is 1. The molecule has 1 heterocycles. The number of anilines is 1. The quantitative estimate of drug-likeness (QED) is 0.402. The molecule has 0 aliphatic carbocycles. The second-order valence-electron chi connectivity index (χ2n) is 5.13. The van der Waals surface area contributed by atoms with E-state index in [1.54, 1.807) is 0 Å². The fourth-order valence-corrected chi connectivity index (χ4v) is 2.19. The largest absolute Gasteiger partial charge is 0.507 e. The molecule has 1 atom stereocenters. The molecule has 0 saturated heterocycles. The summed E-state index contributed by atoms with van der Waals surface area (Å²) in [5.74, 6) is 0.154. The van der Waals surface area contributed by atoms with Crippen molar-refractivity contribution in [2.45, 2.75) is 6.04 Å². The Morgan fingerprint density at radius 2 is 2.08 bits per heavy atom. The van der Waals surface area contributed by atoms with Gasteiger partial charge in [-0.1, -0.05) is 31.4 Å². The van der Waals surface area contributed by atoms with Crippen LogP contribution in [-0.2, 0) is 9.53 Å². The lowest BCUT2D eigenvalue weighted by Crippen LogP contribution is -2.38. The first kappa shape index (κ1) is 18.2. The van der Waals surface area contributed by atoms with Crippen LogP contribution in [-0.4, -0.2) is 40.7 Å². The Balaban J connectivity index is 2.49. The summed E-state index contributed by atoms with van der Waals surface area (Å²) in [4.78, 5) is 20.3. The molecule has 0 aliphatic heterocycles. The average molecular weight is 340 g/mol. The van der Waals surface area contributed by atoms with Crippen molar-refractivity contribution in [3.8, 4) is 0 Å². The standard InChI is InChI=1S/C18H20N4O3/c1-4-11(15(23)5-2)17-21-14-9-7-6-8-12(14)16(22-17)20-10-13(19)18(24)25-3/h4-9,13,23H,1-2,10,19H2,3H3,(H,20,21,22)/b15-11-. The third-order valence-corrected chi connectivity index (χ3v) is 3.51. The lowest BCUT2D eigenvalue weighted by Gasteiger charge is -2.14. The lowest BCUT2D eigenvalue weighted by molar-refractivity contribution is -0.141. The molecule has 1 aromatic heterocycles. The van der Waals surface area contributed by atoms with Crippen LogP contribution in [0.3, 0.4) is 0 Å². The van der Waals surface area contributed by atoms with Crippen LogP contribution < -0.4 is 11.1 Å². The minimum Gasteiger partial charge on any atom is -0.507 e. The van der Waals surface area contributed by atoms with Crippen molar-refractivity contribution in [1.29, 1.82) is 0 Å². The fourth-order valence-electron chi connectivity index (χ4n) is 2.19. The van der Waals surface area contributed by atoms with E-state index in [2.05, 4.69) is 33.2 Å². The van der Waals surface area contributed by atoms with Gasteiger partial charge in [0.15, 0.2) is 5.82 Å². The number of aromatic nitrogens is 2. The average Bonchev–Trinajstić information content (AvgIpc) is 2.65. The molecular formula is C18H20N4O3. The number of nitrogens with zero attached hydrogens (tertiary/aromatic N) is 2. The van der Waals surface area contributed by atoms with Crippen molar-refractivity contribution in [2.24, 2.45) is 5.73 Å². The van der Waals surface area contributed by atoms with Gasteiger partial charge in [0, 0.05) is 11.9 Å². The number of carbonyl (C=O) groups is 1. The van der Waals surface area contributed by atoms with Gasteiger partial charge in [0.25, 0.3) is 0 Å². The van der Waals surface area contributed by atoms with E-state index < -0.39 is 12.0 Å². The van der Waals surface area contributed by atoms with Crippen LogP contribution in [0.25, 0.3) is 16.5 Å². The molecule has 1 unspecified atom stereocenters. The Hall–Kier alpha value is -3.19. The molecule has 130 valence electrons. The Bertz CT molecular complexity index is 845. The summed E-state index contributed by atoms with van der Waals surface area (Å²) in [6.45, 7) is 7.34. The number of nitrogens with one attached hydrogen (secondary N) is 1. The summed E-state index contributed by atoms with van der Waals surface area (Å²) in [7, 11) is 1.28. The van der Waals surface area contributed by atoms with Crippen molar-refractivity contribution in [3.05, 3.63) is 61.2 Å². The maximum Gasteiger partial charge on any atom is 0.324 e. The molecule has 4 N–H and O–H groups in total. The van der Waals surface area contributed by atoms with E-state index in [1.165, 1.54) is 19.3 Å². The van der Waals surface area contributed by atoms with Crippen LogP contribution in [0.2, 0.25) is 0 Å². The van der Waals surface area contributed by atoms with Gasteiger partial charge in [0.05, 0.1) is 18.2 Å². The summed E-state index contributed by atoms with van der Waals surface area (Å²) >= 11 is 0. The number of methoxy groups -OCH3 is 1. The Morgan fingerprint density at radius 3 is 2.72 bits per heavy atom. The molecule has 0 radical (unpaired) electrons. The highest BCUT2D eigenvalue weighted by Crippen LogP contribution is 2.24. The van der Waals surface area contributed by atoms with Crippen LogP contribution >= 0.6 is 0 Å². The molecule has 1 aromatic carbocycles. The molecule has 0 amide bonds. The lowest BCUT2D eigenvalue weighted by atomic mass is 10.1. The maximum absolute atomic E-state index is 11.5. The molecule has 2 rings (SSSR count). The zero-order valence-electron chi connectivity index (χ0n) is 13.9. The van der Waals surface area contributed by atoms with E-state index >= 15 is 0 Å². The van der Waals surface area contributed by atoms with E-state index in [0.29, 0.717) is 16.9 Å².